The molecule has 1 amide bonds. The molecule has 0 aliphatic heterocycles. The first-order valence-corrected chi connectivity index (χ1v) is 26.3. The number of allylic oxidation sites excluding steroid dienone is 5. The van der Waals surface area contributed by atoms with Gasteiger partial charge in [-0.3, -0.25) is 4.79 Å². The summed E-state index contributed by atoms with van der Waals surface area (Å²) in [6.45, 7) is 4.21. The summed E-state index contributed by atoms with van der Waals surface area (Å²) >= 11 is 0. The van der Waals surface area contributed by atoms with Crippen LogP contribution in [-0.2, 0) is 4.79 Å². The molecular weight excluding hydrogens is 727 g/mol. The second-order valence-electron chi connectivity index (χ2n) is 18.1. The third-order valence-electron chi connectivity index (χ3n) is 12.2. The van der Waals surface area contributed by atoms with Crippen LogP contribution in [0.2, 0.25) is 0 Å². The first kappa shape index (κ1) is 57.6. The molecule has 0 fully saturated rings. The van der Waals surface area contributed by atoms with E-state index < -0.39 is 18.2 Å². The smallest absolute Gasteiger partial charge is 0.222 e. The van der Waals surface area contributed by atoms with Crippen LogP contribution in [0.1, 0.15) is 277 Å². The van der Waals surface area contributed by atoms with Gasteiger partial charge in [-0.2, -0.15) is 0 Å². The first-order chi connectivity index (χ1) is 29.0. The zero-order valence-corrected chi connectivity index (χ0v) is 39.6. The largest absolute Gasteiger partial charge is 0.394 e. The molecule has 0 aromatic rings. The minimum absolute atomic E-state index is 0.0147. The maximum atomic E-state index is 12.4. The highest BCUT2D eigenvalue weighted by Crippen LogP contribution is 2.16. The number of carbonyl (C=O) groups is 1. The van der Waals surface area contributed by atoms with Crippen molar-refractivity contribution in [3.8, 4) is 0 Å². The number of rotatable bonds is 48. The first-order valence-electron chi connectivity index (χ1n) is 26.3. The molecule has 0 aromatic heterocycles. The maximum absolute atomic E-state index is 12.4. The van der Waals surface area contributed by atoms with E-state index in [-0.39, 0.29) is 18.9 Å². The van der Waals surface area contributed by atoms with E-state index in [1.807, 2.05) is 6.08 Å². The number of amides is 1. The predicted octanol–water partition coefficient (Wildman–Crippen LogP) is 15.9. The Hall–Kier alpha value is -1.43. The van der Waals surface area contributed by atoms with Crippen molar-refractivity contribution in [2.24, 2.45) is 0 Å². The van der Waals surface area contributed by atoms with Gasteiger partial charge in [0.25, 0.3) is 0 Å². The molecule has 0 saturated carbocycles. The molecular formula is C54H103NO4. The van der Waals surface area contributed by atoms with Crippen LogP contribution in [0.5, 0.6) is 0 Å². The summed E-state index contributed by atoms with van der Waals surface area (Å²) in [5.41, 5.74) is 0. The van der Waals surface area contributed by atoms with Gasteiger partial charge in [-0.25, -0.2) is 0 Å². The second kappa shape index (κ2) is 49.2. The van der Waals surface area contributed by atoms with E-state index in [4.69, 9.17) is 0 Å². The average Bonchev–Trinajstić information content (AvgIpc) is 3.23. The molecule has 4 N–H and O–H groups in total. The SMILES string of the molecule is CCCCCCCCCCC/C=C/C(O)C(CO)NC(=O)CC(O)CCCCCCCCCCCCCCCCC/C=C\C/C=C\CCCCCCCCCCCCC. The van der Waals surface area contributed by atoms with Crippen molar-refractivity contribution in [1.82, 2.24) is 5.32 Å². The molecule has 5 nitrogen and oxygen atoms in total. The molecule has 3 unspecified atom stereocenters. The van der Waals surface area contributed by atoms with Crippen LogP contribution in [0.25, 0.3) is 0 Å². The lowest BCUT2D eigenvalue weighted by molar-refractivity contribution is -0.124. The van der Waals surface area contributed by atoms with Crippen molar-refractivity contribution >= 4 is 5.91 Å². The Bertz CT molecular complexity index is 916. The number of carbonyl (C=O) groups excluding carboxylic acids is 1. The molecule has 0 radical (unpaired) electrons. The van der Waals surface area contributed by atoms with Crippen molar-refractivity contribution < 1.29 is 20.1 Å². The highest BCUT2D eigenvalue weighted by Gasteiger charge is 2.20. The molecule has 0 heterocycles. The normalized spacial score (nSPS) is 13.6. The summed E-state index contributed by atoms with van der Waals surface area (Å²) in [6, 6.07) is -0.742. The highest BCUT2D eigenvalue weighted by molar-refractivity contribution is 5.76. The molecule has 0 saturated heterocycles. The van der Waals surface area contributed by atoms with Crippen LogP contribution in [-0.4, -0.2) is 46.1 Å². The Kier molecular flexibility index (Phi) is 48.0. The fourth-order valence-corrected chi connectivity index (χ4v) is 8.14. The monoisotopic (exact) mass is 830 g/mol. The molecule has 0 bridgehead atoms. The lowest BCUT2D eigenvalue weighted by atomic mass is 10.0. The van der Waals surface area contributed by atoms with Gasteiger partial charge >= 0.3 is 0 Å². The topological polar surface area (TPSA) is 89.8 Å². The highest BCUT2D eigenvalue weighted by atomic mass is 16.3. The van der Waals surface area contributed by atoms with Gasteiger partial charge in [0.1, 0.15) is 0 Å². The number of aliphatic hydroxyl groups is 3. The van der Waals surface area contributed by atoms with Crippen molar-refractivity contribution in [2.75, 3.05) is 6.61 Å². The molecule has 348 valence electrons. The minimum atomic E-state index is -0.927. The lowest BCUT2D eigenvalue weighted by Crippen LogP contribution is -2.45. The van der Waals surface area contributed by atoms with Crippen LogP contribution in [0.15, 0.2) is 36.5 Å². The molecule has 3 atom stereocenters. The second-order valence-corrected chi connectivity index (χ2v) is 18.1. The molecule has 59 heavy (non-hydrogen) atoms. The van der Waals surface area contributed by atoms with Gasteiger partial charge in [0, 0.05) is 0 Å². The third-order valence-corrected chi connectivity index (χ3v) is 12.2. The van der Waals surface area contributed by atoms with Crippen molar-refractivity contribution in [3.63, 3.8) is 0 Å². The van der Waals surface area contributed by atoms with Gasteiger partial charge in [-0.05, 0) is 51.4 Å². The lowest BCUT2D eigenvalue weighted by Gasteiger charge is -2.21. The number of hydrogen-bond donors (Lipinski definition) is 4. The van der Waals surface area contributed by atoms with E-state index in [9.17, 15) is 20.1 Å². The molecule has 0 aliphatic rings. The summed E-state index contributed by atoms with van der Waals surface area (Å²) in [6.07, 6.45) is 63.3. The van der Waals surface area contributed by atoms with Gasteiger partial charge in [0.2, 0.25) is 5.91 Å². The predicted molar refractivity (Wildman–Crippen MR) is 259 cm³/mol. The molecule has 0 rings (SSSR count). The number of hydrogen-bond acceptors (Lipinski definition) is 4. The third kappa shape index (κ3) is 45.9. The van der Waals surface area contributed by atoms with Crippen LogP contribution in [0.3, 0.4) is 0 Å². The molecule has 0 spiro atoms. The zero-order chi connectivity index (χ0) is 43.0. The number of unbranched alkanes of at least 4 members (excludes halogenated alkanes) is 35. The van der Waals surface area contributed by atoms with Gasteiger partial charge < -0.3 is 20.6 Å². The van der Waals surface area contributed by atoms with E-state index in [0.717, 1.165) is 32.1 Å². The Labute approximate surface area is 368 Å². The van der Waals surface area contributed by atoms with Crippen LogP contribution in [0.4, 0.5) is 0 Å². The van der Waals surface area contributed by atoms with Gasteiger partial charge in [-0.15, -0.1) is 0 Å². The Morgan fingerprint density at radius 3 is 1.12 bits per heavy atom. The number of aliphatic hydroxyl groups excluding tert-OH is 3. The standard InChI is InChI=1S/C54H103NO4/c1-3-5-7-9-11-13-15-16-17-18-19-20-21-22-23-24-25-26-27-28-29-30-31-32-33-34-35-36-38-39-41-43-45-47-51(57)49-54(59)55-52(50-56)53(58)48-46-44-42-40-37-14-12-10-8-6-4-2/h21-22,24-25,46,48,51-53,56-58H,3-20,23,26-45,47,49-50H2,1-2H3,(H,55,59)/b22-21-,25-24-,48-46+. The van der Waals surface area contributed by atoms with Crippen molar-refractivity contribution in [1.29, 1.82) is 0 Å². The molecule has 0 aromatic carbocycles. The van der Waals surface area contributed by atoms with Gasteiger partial charge in [0.05, 0.1) is 31.3 Å². The fourth-order valence-electron chi connectivity index (χ4n) is 8.14. The molecule has 0 aliphatic carbocycles. The zero-order valence-electron chi connectivity index (χ0n) is 39.6. The van der Waals surface area contributed by atoms with Crippen LogP contribution < -0.4 is 5.32 Å². The summed E-state index contributed by atoms with van der Waals surface area (Å²) < 4.78 is 0. The van der Waals surface area contributed by atoms with Crippen LogP contribution >= 0.6 is 0 Å². The Morgan fingerprint density at radius 1 is 0.441 bits per heavy atom. The van der Waals surface area contributed by atoms with Gasteiger partial charge in [-0.1, -0.05) is 256 Å². The van der Waals surface area contributed by atoms with Crippen LogP contribution in [0, 0.1) is 0 Å². The fraction of sp³-hybridized carbons (Fsp3) is 0.870. The Balaban J connectivity index is 3.50. The maximum Gasteiger partial charge on any atom is 0.222 e. The van der Waals surface area contributed by atoms with E-state index >= 15 is 0 Å². The van der Waals surface area contributed by atoms with Crippen molar-refractivity contribution in [3.05, 3.63) is 36.5 Å². The van der Waals surface area contributed by atoms with Gasteiger partial charge in [0.15, 0.2) is 0 Å². The van der Waals surface area contributed by atoms with E-state index in [2.05, 4.69) is 43.5 Å². The van der Waals surface area contributed by atoms with E-state index in [0.29, 0.717) is 6.42 Å². The summed E-state index contributed by atoms with van der Waals surface area (Å²) in [7, 11) is 0. The quantitative estimate of drug-likeness (QED) is 0.0363. The average molecular weight is 830 g/mol. The number of nitrogens with one attached hydrogen (secondary N) is 1. The minimum Gasteiger partial charge on any atom is -0.394 e. The Morgan fingerprint density at radius 2 is 0.763 bits per heavy atom. The van der Waals surface area contributed by atoms with E-state index in [1.54, 1.807) is 6.08 Å². The van der Waals surface area contributed by atoms with Crippen molar-refractivity contribution in [2.45, 2.75) is 295 Å². The van der Waals surface area contributed by atoms with E-state index in [1.165, 1.54) is 218 Å². The summed E-state index contributed by atoms with van der Waals surface area (Å²) in [4.78, 5) is 12.4. The summed E-state index contributed by atoms with van der Waals surface area (Å²) in [5.74, 6) is -0.315. The summed E-state index contributed by atoms with van der Waals surface area (Å²) in [5, 5.41) is 33.2. The molecule has 5 heteroatoms.